The lowest BCUT2D eigenvalue weighted by Crippen LogP contribution is -2.21. The molecule has 3 aromatic carbocycles. The van der Waals surface area contributed by atoms with Gasteiger partial charge < -0.3 is 14.8 Å². The Labute approximate surface area is 211 Å². The molecule has 1 N–H and O–H groups in total. The number of allylic oxidation sites excluding steroid dienone is 1. The van der Waals surface area contributed by atoms with Gasteiger partial charge in [0.1, 0.15) is 0 Å². The van der Waals surface area contributed by atoms with E-state index in [-0.39, 0.29) is 18.2 Å². The molecule has 0 atom stereocenters. The van der Waals surface area contributed by atoms with E-state index >= 15 is 0 Å². The molecule has 0 aromatic heterocycles. The number of hydrogen-bond donors (Lipinski definition) is 1. The first-order chi connectivity index (χ1) is 16.7. The van der Waals surface area contributed by atoms with Gasteiger partial charge in [0.15, 0.2) is 18.1 Å². The number of methoxy groups -OCH3 is 1. The Balaban J connectivity index is 1.79. The van der Waals surface area contributed by atoms with E-state index in [9.17, 15) is 20.2 Å². The van der Waals surface area contributed by atoms with Gasteiger partial charge in [-0.1, -0.05) is 12.1 Å². The van der Waals surface area contributed by atoms with Gasteiger partial charge in [0.25, 0.3) is 11.6 Å². The highest BCUT2D eigenvalue weighted by Gasteiger charge is 2.15. The summed E-state index contributed by atoms with van der Waals surface area (Å²) in [5, 5.41) is 23.3. The summed E-state index contributed by atoms with van der Waals surface area (Å²) in [6.07, 6.45) is 1.63. The molecule has 35 heavy (non-hydrogen) atoms. The summed E-state index contributed by atoms with van der Waals surface area (Å²) in [4.78, 5) is 22.8. The van der Waals surface area contributed by atoms with Gasteiger partial charge >= 0.3 is 0 Å². The van der Waals surface area contributed by atoms with Crippen molar-refractivity contribution in [3.8, 4) is 17.6 Å². The summed E-state index contributed by atoms with van der Waals surface area (Å²) >= 11 is 3.45. The monoisotopic (exact) mass is 535 g/mol. The predicted octanol–water partition coefficient (Wildman–Crippen LogP) is 6.06. The van der Waals surface area contributed by atoms with Crippen molar-refractivity contribution in [1.29, 1.82) is 5.26 Å². The van der Waals surface area contributed by atoms with Crippen molar-refractivity contribution >= 4 is 44.9 Å². The number of amides is 1. The third-order valence-corrected chi connectivity index (χ3v) is 5.89. The second-order valence-corrected chi connectivity index (χ2v) is 8.45. The molecule has 0 aliphatic rings. The number of carbonyl (C=O) groups is 1. The minimum Gasteiger partial charge on any atom is -0.493 e. The lowest BCUT2D eigenvalue weighted by Gasteiger charge is -2.15. The molecule has 0 heterocycles. The average Bonchev–Trinajstić information content (AvgIpc) is 2.84. The van der Waals surface area contributed by atoms with Crippen molar-refractivity contribution in [3.63, 3.8) is 0 Å². The molecule has 0 saturated carbocycles. The zero-order valence-electron chi connectivity index (χ0n) is 19.3. The molecule has 9 heteroatoms. The van der Waals surface area contributed by atoms with Crippen LogP contribution in [0.3, 0.4) is 0 Å². The molecule has 0 spiro atoms. The number of nitrogens with zero attached hydrogens (tertiary/aromatic N) is 2. The maximum absolute atomic E-state index is 12.5. The number of nitrogens with one attached hydrogen (secondary N) is 1. The van der Waals surface area contributed by atoms with Crippen LogP contribution >= 0.6 is 15.9 Å². The third-order valence-electron chi connectivity index (χ3n) is 5.30. The molecule has 0 radical (unpaired) electrons. The van der Waals surface area contributed by atoms with Crippen molar-refractivity contribution in [3.05, 3.63) is 91.4 Å². The summed E-state index contributed by atoms with van der Waals surface area (Å²) < 4.78 is 11.7. The highest BCUT2D eigenvalue weighted by atomic mass is 79.9. The number of aryl methyl sites for hydroxylation is 1. The Morgan fingerprint density at radius 2 is 1.91 bits per heavy atom. The van der Waals surface area contributed by atoms with E-state index in [2.05, 4.69) is 27.3 Å². The quantitative estimate of drug-likeness (QED) is 0.162. The Kier molecular flexibility index (Phi) is 8.23. The number of hydrogen-bond acceptors (Lipinski definition) is 6. The van der Waals surface area contributed by atoms with E-state index in [4.69, 9.17) is 9.47 Å². The van der Waals surface area contributed by atoms with Crippen molar-refractivity contribution in [2.24, 2.45) is 0 Å². The van der Waals surface area contributed by atoms with Crippen LogP contribution in [0.15, 0.2) is 59.1 Å². The lowest BCUT2D eigenvalue weighted by atomic mass is 10.0. The van der Waals surface area contributed by atoms with Crippen LogP contribution in [0.25, 0.3) is 11.6 Å². The smallest absolute Gasteiger partial charge is 0.269 e. The number of carbonyl (C=O) groups excluding carboxylic acids is 1. The molecule has 0 aliphatic heterocycles. The molecule has 0 fully saturated rings. The van der Waals surface area contributed by atoms with Gasteiger partial charge in [-0.25, -0.2) is 0 Å². The molecule has 3 aromatic rings. The largest absolute Gasteiger partial charge is 0.493 e. The van der Waals surface area contributed by atoms with E-state index in [1.807, 2.05) is 32.0 Å². The third kappa shape index (κ3) is 6.25. The van der Waals surface area contributed by atoms with Gasteiger partial charge in [0.05, 0.1) is 28.1 Å². The fourth-order valence-corrected chi connectivity index (χ4v) is 3.86. The maximum atomic E-state index is 12.5. The van der Waals surface area contributed by atoms with Crippen LogP contribution in [-0.4, -0.2) is 24.5 Å². The summed E-state index contributed by atoms with van der Waals surface area (Å²) in [7, 11) is 1.47. The van der Waals surface area contributed by atoms with E-state index in [1.54, 1.807) is 18.2 Å². The molecule has 8 nitrogen and oxygen atoms in total. The maximum Gasteiger partial charge on any atom is 0.269 e. The fourth-order valence-electron chi connectivity index (χ4n) is 3.28. The molecular formula is C26H22BrN3O5. The van der Waals surface area contributed by atoms with Crippen LogP contribution in [0.1, 0.15) is 22.3 Å². The highest BCUT2D eigenvalue weighted by Crippen LogP contribution is 2.37. The standard InChI is InChI=1S/C26H22BrN3O5/c1-16-5-4-6-23(17(16)2)29-25(31)15-35-26-22(27)12-18(13-24(26)34-3)11-20(14-28)19-7-9-21(10-8-19)30(32)33/h4-13H,15H2,1-3H3,(H,29,31)/b20-11+. The number of nitriles is 1. The van der Waals surface area contributed by atoms with E-state index in [1.165, 1.54) is 31.4 Å². The summed E-state index contributed by atoms with van der Waals surface area (Å²) in [6, 6.07) is 16.9. The first-order valence-electron chi connectivity index (χ1n) is 10.5. The number of rotatable bonds is 8. The molecule has 1 amide bonds. The van der Waals surface area contributed by atoms with E-state index in [0.717, 1.165) is 16.8 Å². The van der Waals surface area contributed by atoms with Gasteiger partial charge in [-0.15, -0.1) is 0 Å². The molecule has 0 saturated heterocycles. The minimum atomic E-state index is -0.497. The van der Waals surface area contributed by atoms with Crippen LogP contribution < -0.4 is 14.8 Å². The summed E-state index contributed by atoms with van der Waals surface area (Å²) in [5.74, 6) is 0.391. The van der Waals surface area contributed by atoms with Crippen molar-refractivity contribution < 1.29 is 19.2 Å². The first-order valence-corrected chi connectivity index (χ1v) is 11.3. The van der Waals surface area contributed by atoms with Crippen LogP contribution in [0, 0.1) is 35.3 Å². The Morgan fingerprint density at radius 3 is 2.54 bits per heavy atom. The van der Waals surface area contributed by atoms with Crippen LogP contribution in [0.4, 0.5) is 11.4 Å². The SMILES string of the molecule is COc1cc(/C=C(\C#N)c2ccc([N+](=O)[O-])cc2)cc(Br)c1OCC(=O)Nc1cccc(C)c1C. The molecule has 0 aliphatic carbocycles. The number of benzene rings is 3. The minimum absolute atomic E-state index is 0.0569. The molecule has 3 rings (SSSR count). The highest BCUT2D eigenvalue weighted by molar-refractivity contribution is 9.10. The fraction of sp³-hybridized carbons (Fsp3) is 0.154. The predicted molar refractivity (Wildman–Crippen MR) is 137 cm³/mol. The van der Waals surface area contributed by atoms with Gasteiger partial charge in [-0.2, -0.15) is 5.26 Å². The molecule has 0 unspecified atom stereocenters. The molecule has 178 valence electrons. The first kappa shape index (κ1) is 25.5. The van der Waals surface area contributed by atoms with Crippen molar-refractivity contribution in [1.82, 2.24) is 0 Å². The number of nitro groups is 1. The Hall–Kier alpha value is -4.16. The number of non-ortho nitro benzene ring substituents is 1. The zero-order chi connectivity index (χ0) is 25.5. The van der Waals surface area contributed by atoms with Gasteiger partial charge in [-0.05, 0) is 88.4 Å². The topological polar surface area (TPSA) is 114 Å². The number of anilines is 1. The zero-order valence-corrected chi connectivity index (χ0v) is 20.9. The number of nitro benzene ring substituents is 1. The molecular weight excluding hydrogens is 514 g/mol. The average molecular weight is 536 g/mol. The van der Waals surface area contributed by atoms with Gasteiger partial charge in [-0.3, -0.25) is 14.9 Å². The molecule has 0 bridgehead atoms. The van der Waals surface area contributed by atoms with Crippen LogP contribution in [0.2, 0.25) is 0 Å². The summed E-state index contributed by atoms with van der Waals surface area (Å²) in [5.41, 5.74) is 4.21. The second-order valence-electron chi connectivity index (χ2n) is 7.59. The Morgan fingerprint density at radius 1 is 1.20 bits per heavy atom. The van der Waals surface area contributed by atoms with E-state index in [0.29, 0.717) is 32.7 Å². The van der Waals surface area contributed by atoms with E-state index < -0.39 is 4.92 Å². The van der Waals surface area contributed by atoms with Gasteiger partial charge in [0.2, 0.25) is 0 Å². The van der Waals surface area contributed by atoms with Crippen LogP contribution in [-0.2, 0) is 4.79 Å². The van der Waals surface area contributed by atoms with Crippen LogP contribution in [0.5, 0.6) is 11.5 Å². The second kappa shape index (κ2) is 11.3. The van der Waals surface area contributed by atoms with Crippen molar-refractivity contribution in [2.45, 2.75) is 13.8 Å². The van der Waals surface area contributed by atoms with Crippen molar-refractivity contribution in [2.75, 3.05) is 19.0 Å². The normalized spacial score (nSPS) is 10.9. The van der Waals surface area contributed by atoms with Gasteiger partial charge in [0, 0.05) is 17.8 Å². The number of halogens is 1. The summed E-state index contributed by atoms with van der Waals surface area (Å²) in [6.45, 7) is 3.67. The lowest BCUT2D eigenvalue weighted by molar-refractivity contribution is -0.384. The number of ether oxygens (including phenoxy) is 2. The Bertz CT molecular complexity index is 1340.